The third-order valence-corrected chi connectivity index (χ3v) is 6.90. The molecular weight excluding hydrogens is 524 g/mol. The van der Waals surface area contributed by atoms with E-state index in [9.17, 15) is 18.4 Å². The van der Waals surface area contributed by atoms with E-state index in [0.29, 0.717) is 22.6 Å². The number of nitrogens with zero attached hydrogens (tertiary/aromatic N) is 3. The molecule has 5 rings (SSSR count). The van der Waals surface area contributed by atoms with Crippen LogP contribution in [-0.4, -0.2) is 39.1 Å². The fourth-order valence-corrected chi connectivity index (χ4v) is 5.14. The Morgan fingerprint density at radius 3 is 2.44 bits per heavy atom. The molecule has 0 saturated heterocycles. The molecule has 0 unspecified atom stereocenters. The van der Waals surface area contributed by atoms with Gasteiger partial charge in [-0.2, -0.15) is 0 Å². The Kier molecular flexibility index (Phi) is 7.69. The van der Waals surface area contributed by atoms with Gasteiger partial charge in [-0.05, 0) is 24.6 Å². The zero-order valence-corrected chi connectivity index (χ0v) is 21.5. The third-order valence-electron chi connectivity index (χ3n) is 5.94. The summed E-state index contributed by atoms with van der Waals surface area (Å²) < 4.78 is 35.5. The molecule has 0 radical (unpaired) electrons. The maximum Gasteiger partial charge on any atom is 0.338 e. The Morgan fingerprint density at radius 1 is 1.03 bits per heavy atom. The van der Waals surface area contributed by atoms with Crippen LogP contribution in [0.25, 0.3) is 17.1 Å². The van der Waals surface area contributed by atoms with E-state index in [1.807, 2.05) is 36.4 Å². The van der Waals surface area contributed by atoms with Crippen LogP contribution in [0.2, 0.25) is 0 Å². The third kappa shape index (κ3) is 5.53. The summed E-state index contributed by atoms with van der Waals surface area (Å²) in [4.78, 5) is 25.7. The van der Waals surface area contributed by atoms with E-state index in [2.05, 4.69) is 20.8 Å². The molecule has 2 amide bonds. The number of hydrogen-bond donors (Lipinski definition) is 2. The largest absolute Gasteiger partial charge is 0.463 e. The maximum atomic E-state index is 15.0. The molecule has 1 aliphatic rings. The Morgan fingerprint density at radius 2 is 1.74 bits per heavy atom. The first kappa shape index (κ1) is 26.1. The molecule has 4 aromatic rings. The number of carbonyl (C=O) groups excluding carboxylic acids is 2. The minimum Gasteiger partial charge on any atom is -0.463 e. The second-order valence-corrected chi connectivity index (χ2v) is 9.39. The standard InChI is InChI=1S/C28H23F2N5O3S/c1-2-38-26(36)23-21(31-27(37)32-24(23)17-9-5-3-6-10-17)16-39-28-34-33-25(18-11-7-4-8-12-18)35(28)22-14-13-19(29)15-20(22)30/h3-15,24H,2,16H2,1H3,(H2,31,32,37)/t24-/m0/s1. The lowest BCUT2D eigenvalue weighted by atomic mass is 9.95. The molecular formula is C28H23F2N5O3S. The van der Waals surface area contributed by atoms with Crippen LogP contribution in [0.4, 0.5) is 13.6 Å². The quantitative estimate of drug-likeness (QED) is 0.233. The molecule has 2 N–H and O–H groups in total. The monoisotopic (exact) mass is 547 g/mol. The van der Waals surface area contributed by atoms with Crippen LogP contribution in [0.3, 0.4) is 0 Å². The van der Waals surface area contributed by atoms with Gasteiger partial charge in [0, 0.05) is 23.1 Å². The summed E-state index contributed by atoms with van der Waals surface area (Å²) in [5.41, 5.74) is 2.01. The number of benzene rings is 3. The summed E-state index contributed by atoms with van der Waals surface area (Å²) in [7, 11) is 0. The molecule has 0 bridgehead atoms. The van der Waals surface area contributed by atoms with E-state index < -0.39 is 29.7 Å². The summed E-state index contributed by atoms with van der Waals surface area (Å²) in [6, 6.07) is 20.2. The van der Waals surface area contributed by atoms with Gasteiger partial charge in [0.2, 0.25) is 0 Å². The lowest BCUT2D eigenvalue weighted by molar-refractivity contribution is -0.139. The van der Waals surface area contributed by atoms with Gasteiger partial charge in [-0.25, -0.2) is 18.4 Å². The highest BCUT2D eigenvalue weighted by Gasteiger charge is 2.34. The number of amides is 2. The first-order valence-corrected chi connectivity index (χ1v) is 13.1. The molecule has 1 atom stereocenters. The number of nitrogens with one attached hydrogen (secondary N) is 2. The smallest absolute Gasteiger partial charge is 0.338 e. The van der Waals surface area contributed by atoms with Crippen LogP contribution in [0, 0.1) is 11.6 Å². The number of esters is 1. The maximum absolute atomic E-state index is 15.0. The Bertz CT molecular complexity index is 1540. The molecule has 3 aromatic carbocycles. The van der Waals surface area contributed by atoms with Gasteiger partial charge in [0.25, 0.3) is 0 Å². The van der Waals surface area contributed by atoms with Gasteiger partial charge >= 0.3 is 12.0 Å². The van der Waals surface area contributed by atoms with Gasteiger partial charge < -0.3 is 15.4 Å². The number of urea groups is 1. The van der Waals surface area contributed by atoms with Crippen LogP contribution in [-0.2, 0) is 9.53 Å². The van der Waals surface area contributed by atoms with Crippen molar-refractivity contribution >= 4 is 23.8 Å². The van der Waals surface area contributed by atoms with Crippen molar-refractivity contribution in [3.63, 3.8) is 0 Å². The summed E-state index contributed by atoms with van der Waals surface area (Å²) in [5, 5.41) is 14.3. The molecule has 1 aromatic heterocycles. The zero-order valence-electron chi connectivity index (χ0n) is 20.7. The van der Waals surface area contributed by atoms with Crippen molar-refractivity contribution in [2.75, 3.05) is 12.4 Å². The second-order valence-electron chi connectivity index (χ2n) is 8.45. The van der Waals surface area contributed by atoms with Crippen LogP contribution >= 0.6 is 11.8 Å². The number of rotatable bonds is 8. The number of halogens is 2. The van der Waals surface area contributed by atoms with Crippen molar-refractivity contribution in [2.45, 2.75) is 18.1 Å². The minimum atomic E-state index is -0.792. The molecule has 0 fully saturated rings. The highest BCUT2D eigenvalue weighted by molar-refractivity contribution is 7.99. The van der Waals surface area contributed by atoms with Gasteiger partial charge in [-0.15, -0.1) is 10.2 Å². The Labute approximate surface area is 227 Å². The summed E-state index contributed by atoms with van der Waals surface area (Å²) >= 11 is 1.14. The molecule has 8 nitrogen and oxygen atoms in total. The molecule has 0 saturated carbocycles. The van der Waals surface area contributed by atoms with Gasteiger partial charge in [0.05, 0.1) is 23.9 Å². The number of thioether (sulfide) groups is 1. The van der Waals surface area contributed by atoms with E-state index in [0.717, 1.165) is 23.9 Å². The SMILES string of the molecule is CCOC(=O)C1=C(CSc2nnc(-c3ccccc3)n2-c2ccc(F)cc2F)NC(=O)N[C@H]1c1ccccc1. The highest BCUT2D eigenvalue weighted by Crippen LogP contribution is 2.33. The second kappa shape index (κ2) is 11.5. The molecule has 198 valence electrons. The Hall–Kier alpha value is -4.51. The van der Waals surface area contributed by atoms with Gasteiger partial charge in [-0.3, -0.25) is 4.57 Å². The molecule has 1 aliphatic heterocycles. The topological polar surface area (TPSA) is 98.1 Å². The minimum absolute atomic E-state index is 0.0545. The van der Waals surface area contributed by atoms with E-state index in [-0.39, 0.29) is 28.8 Å². The van der Waals surface area contributed by atoms with Crippen LogP contribution in [0.15, 0.2) is 95.3 Å². The number of aromatic nitrogens is 3. The van der Waals surface area contributed by atoms with Crippen molar-refractivity contribution in [2.24, 2.45) is 0 Å². The van der Waals surface area contributed by atoms with Gasteiger partial charge in [0.15, 0.2) is 11.0 Å². The lowest BCUT2D eigenvalue weighted by Gasteiger charge is -2.29. The van der Waals surface area contributed by atoms with Crippen molar-refractivity contribution < 1.29 is 23.1 Å². The van der Waals surface area contributed by atoms with Crippen LogP contribution in [0.5, 0.6) is 0 Å². The summed E-state index contributed by atoms with van der Waals surface area (Å²) in [5.74, 6) is -1.65. The number of ether oxygens (including phenoxy) is 1. The van der Waals surface area contributed by atoms with E-state index in [4.69, 9.17) is 4.74 Å². The van der Waals surface area contributed by atoms with E-state index >= 15 is 0 Å². The van der Waals surface area contributed by atoms with E-state index in [1.165, 1.54) is 10.6 Å². The average Bonchev–Trinajstić information content (AvgIpc) is 3.36. The fraction of sp³-hybridized carbons (Fsp3) is 0.143. The van der Waals surface area contributed by atoms with Gasteiger partial charge in [0.1, 0.15) is 11.6 Å². The highest BCUT2D eigenvalue weighted by atomic mass is 32.2. The lowest BCUT2D eigenvalue weighted by Crippen LogP contribution is -2.46. The molecule has 39 heavy (non-hydrogen) atoms. The Balaban J connectivity index is 1.57. The fourth-order valence-electron chi connectivity index (χ4n) is 4.23. The van der Waals surface area contributed by atoms with Crippen molar-refractivity contribution in [1.29, 1.82) is 0 Å². The first-order valence-electron chi connectivity index (χ1n) is 12.1. The van der Waals surface area contributed by atoms with Crippen molar-refractivity contribution in [3.8, 4) is 17.1 Å². The summed E-state index contributed by atoms with van der Waals surface area (Å²) in [6.45, 7) is 1.85. The molecule has 11 heteroatoms. The van der Waals surface area contributed by atoms with Gasteiger partial charge in [-0.1, -0.05) is 72.4 Å². The normalized spacial score (nSPS) is 15.1. The van der Waals surface area contributed by atoms with Crippen molar-refractivity contribution in [3.05, 3.63) is 107 Å². The average molecular weight is 548 g/mol. The number of carbonyl (C=O) groups is 2. The van der Waals surface area contributed by atoms with Crippen molar-refractivity contribution in [1.82, 2.24) is 25.4 Å². The molecule has 0 spiro atoms. The van der Waals surface area contributed by atoms with Crippen LogP contribution < -0.4 is 10.6 Å². The predicted octanol–water partition coefficient (Wildman–Crippen LogP) is 5.18. The first-order chi connectivity index (χ1) is 19.0. The molecule has 0 aliphatic carbocycles. The number of hydrogen-bond acceptors (Lipinski definition) is 6. The predicted molar refractivity (Wildman–Crippen MR) is 142 cm³/mol. The van der Waals surface area contributed by atoms with E-state index in [1.54, 1.807) is 31.2 Å². The zero-order chi connectivity index (χ0) is 27.4. The summed E-state index contributed by atoms with van der Waals surface area (Å²) in [6.07, 6.45) is 0. The molecule has 2 heterocycles. The van der Waals surface area contributed by atoms with Crippen LogP contribution in [0.1, 0.15) is 18.5 Å².